The summed E-state index contributed by atoms with van der Waals surface area (Å²) in [6, 6.07) is 7.86. The molecule has 1 aliphatic heterocycles. The first-order valence-electron chi connectivity index (χ1n) is 16.3. The lowest BCUT2D eigenvalue weighted by atomic mass is 10.1. The van der Waals surface area contributed by atoms with Crippen molar-refractivity contribution in [2.24, 2.45) is 4.99 Å². The summed E-state index contributed by atoms with van der Waals surface area (Å²) in [6.07, 6.45) is 10.9. The number of carbonyl (C=O) groups is 2. The third-order valence-corrected chi connectivity index (χ3v) is 7.51. The fourth-order valence-electron chi connectivity index (χ4n) is 5.54. The third kappa shape index (κ3) is 9.80. The van der Waals surface area contributed by atoms with Crippen molar-refractivity contribution in [3.05, 3.63) is 36.4 Å². The molecule has 1 fully saturated rings. The van der Waals surface area contributed by atoms with E-state index in [4.69, 9.17) is 19.0 Å². The van der Waals surface area contributed by atoms with Crippen LogP contribution in [-0.4, -0.2) is 55.5 Å². The largest absolute Gasteiger partial charge is 0.444 e. The van der Waals surface area contributed by atoms with Gasteiger partial charge in [-0.3, -0.25) is 5.32 Å². The lowest BCUT2D eigenvalue weighted by Crippen LogP contribution is -2.46. The molecule has 1 saturated heterocycles. The first kappa shape index (κ1) is 34.0. The molecule has 3 aromatic rings. The number of unbranched alkanes of at least 4 members (excludes halogenated alkanes) is 6. The predicted octanol–water partition coefficient (Wildman–Crippen LogP) is 8.39. The Hall–Kier alpha value is -3.89. The van der Waals surface area contributed by atoms with Crippen LogP contribution in [0.5, 0.6) is 0 Å². The van der Waals surface area contributed by atoms with E-state index in [1.165, 1.54) is 38.5 Å². The normalized spacial score (nSPS) is 15.9. The number of aromatic nitrogens is 3. The molecule has 0 radical (unpaired) electrons. The summed E-state index contributed by atoms with van der Waals surface area (Å²) in [5, 5.41) is 8.07. The summed E-state index contributed by atoms with van der Waals surface area (Å²) in [7, 11) is 0. The van der Waals surface area contributed by atoms with Crippen molar-refractivity contribution in [2.75, 3.05) is 6.54 Å². The maximum absolute atomic E-state index is 12.7. The van der Waals surface area contributed by atoms with Gasteiger partial charge < -0.3 is 23.5 Å². The molecular formula is C34H50N6O5. The van der Waals surface area contributed by atoms with E-state index in [-0.39, 0.29) is 5.96 Å². The van der Waals surface area contributed by atoms with Gasteiger partial charge in [0.05, 0.1) is 0 Å². The Kier molecular flexibility index (Phi) is 11.3. The van der Waals surface area contributed by atoms with Crippen molar-refractivity contribution in [2.45, 2.75) is 130 Å². The average Bonchev–Trinajstić information content (AvgIpc) is 3.69. The van der Waals surface area contributed by atoms with E-state index in [2.05, 4.69) is 45.3 Å². The van der Waals surface area contributed by atoms with Gasteiger partial charge in [0, 0.05) is 35.8 Å². The molecule has 0 bridgehead atoms. The number of ether oxygens (including phenoxy) is 2. The fourth-order valence-corrected chi connectivity index (χ4v) is 5.54. The average molecular weight is 623 g/mol. The topological polar surface area (TPSA) is 124 Å². The monoisotopic (exact) mass is 622 g/mol. The Morgan fingerprint density at radius 3 is 2.42 bits per heavy atom. The van der Waals surface area contributed by atoms with E-state index < -0.39 is 29.4 Å². The highest BCUT2D eigenvalue weighted by atomic mass is 16.6. The number of carbonyl (C=O) groups excluding carboxylic acids is 2. The molecule has 0 unspecified atom stereocenters. The number of fused-ring (bicyclic) bond motifs is 1. The highest BCUT2D eigenvalue weighted by Gasteiger charge is 2.35. The van der Waals surface area contributed by atoms with Gasteiger partial charge in [0.25, 0.3) is 0 Å². The van der Waals surface area contributed by atoms with Crippen molar-refractivity contribution in [3.63, 3.8) is 0 Å². The Morgan fingerprint density at radius 1 is 1.00 bits per heavy atom. The molecule has 0 saturated carbocycles. The summed E-state index contributed by atoms with van der Waals surface area (Å²) in [5.41, 5.74) is 0.541. The van der Waals surface area contributed by atoms with Crippen LogP contribution in [0.2, 0.25) is 0 Å². The third-order valence-electron chi connectivity index (χ3n) is 7.51. The Bertz CT molecular complexity index is 1460. The molecule has 1 aliphatic rings. The van der Waals surface area contributed by atoms with Crippen molar-refractivity contribution in [1.82, 2.24) is 24.9 Å². The zero-order chi connectivity index (χ0) is 32.6. The van der Waals surface area contributed by atoms with Crippen LogP contribution < -0.4 is 5.32 Å². The molecule has 3 heterocycles. The van der Waals surface area contributed by atoms with Crippen molar-refractivity contribution in [3.8, 4) is 11.4 Å². The summed E-state index contributed by atoms with van der Waals surface area (Å²) in [4.78, 5) is 36.2. The summed E-state index contributed by atoms with van der Waals surface area (Å²) >= 11 is 0. The molecule has 45 heavy (non-hydrogen) atoms. The fraction of sp³-hybridized carbons (Fsp3) is 0.618. The minimum Gasteiger partial charge on any atom is -0.444 e. The van der Waals surface area contributed by atoms with Gasteiger partial charge in [-0.05, 0) is 72.9 Å². The van der Waals surface area contributed by atoms with Crippen molar-refractivity contribution < 1.29 is 23.6 Å². The number of hydrogen-bond donors (Lipinski definition) is 1. The smallest absolute Gasteiger partial charge is 0.437 e. The number of benzene rings is 1. The van der Waals surface area contributed by atoms with E-state index in [1.54, 1.807) is 46.4 Å². The Labute approximate surface area is 266 Å². The summed E-state index contributed by atoms with van der Waals surface area (Å²) in [5.74, 6) is 0.886. The van der Waals surface area contributed by atoms with Gasteiger partial charge in [-0.15, -0.1) is 4.99 Å². The molecule has 1 aromatic carbocycles. The SMILES string of the molecule is CCCCCCCCCn1ccc2c(-c3noc([C@@H]4CCCN4C(=NC(=O)OC(C)(C)C)NC(=O)OC(C)(C)C)n3)cccc21. The number of rotatable bonds is 10. The van der Waals surface area contributed by atoms with Gasteiger partial charge in [-0.2, -0.15) is 4.98 Å². The quantitative estimate of drug-likeness (QED) is 0.136. The van der Waals surface area contributed by atoms with E-state index in [0.717, 1.165) is 35.9 Å². The zero-order valence-corrected chi connectivity index (χ0v) is 28.0. The van der Waals surface area contributed by atoms with Gasteiger partial charge in [-0.25, -0.2) is 9.59 Å². The minimum atomic E-state index is -0.821. The molecule has 11 nitrogen and oxygen atoms in total. The van der Waals surface area contributed by atoms with Crippen LogP contribution >= 0.6 is 0 Å². The van der Waals surface area contributed by atoms with Crippen molar-refractivity contribution in [1.29, 1.82) is 0 Å². The van der Waals surface area contributed by atoms with Gasteiger partial charge in [0.1, 0.15) is 17.2 Å². The number of nitrogens with zero attached hydrogens (tertiary/aromatic N) is 5. The lowest BCUT2D eigenvalue weighted by Gasteiger charge is -2.27. The van der Waals surface area contributed by atoms with Crippen molar-refractivity contribution >= 4 is 29.0 Å². The van der Waals surface area contributed by atoms with Crippen LogP contribution in [0.25, 0.3) is 22.3 Å². The first-order valence-corrected chi connectivity index (χ1v) is 16.3. The van der Waals surface area contributed by atoms with E-state index >= 15 is 0 Å². The summed E-state index contributed by atoms with van der Waals surface area (Å²) in [6.45, 7) is 14.3. The minimum absolute atomic E-state index is 0.0188. The maximum Gasteiger partial charge on any atom is 0.437 e. The van der Waals surface area contributed by atoms with E-state index in [0.29, 0.717) is 24.7 Å². The number of guanidine groups is 1. The van der Waals surface area contributed by atoms with Crippen LogP contribution in [-0.2, 0) is 16.0 Å². The molecule has 0 spiro atoms. The molecule has 11 heteroatoms. The molecule has 2 aromatic heterocycles. The predicted molar refractivity (Wildman–Crippen MR) is 175 cm³/mol. The number of likely N-dealkylation sites (tertiary alicyclic amines) is 1. The number of hydrogen-bond acceptors (Lipinski definition) is 7. The molecule has 4 rings (SSSR count). The van der Waals surface area contributed by atoms with Crippen LogP contribution in [0.15, 0.2) is 40.0 Å². The number of aryl methyl sites for hydroxylation is 1. The molecule has 2 amide bonds. The first-order chi connectivity index (χ1) is 21.3. The highest BCUT2D eigenvalue weighted by molar-refractivity contribution is 5.99. The number of amides is 2. The maximum atomic E-state index is 12.7. The van der Waals surface area contributed by atoms with Gasteiger partial charge >= 0.3 is 12.2 Å². The second kappa shape index (κ2) is 14.9. The second-order valence-corrected chi connectivity index (χ2v) is 13.7. The number of aliphatic imine (C=N–C) groups is 1. The molecule has 1 atom stereocenters. The van der Waals surface area contributed by atoms with Crippen LogP contribution in [0.3, 0.4) is 0 Å². The van der Waals surface area contributed by atoms with Gasteiger partial charge in [-0.1, -0.05) is 62.7 Å². The van der Waals surface area contributed by atoms with Crippen LogP contribution in [0.4, 0.5) is 9.59 Å². The second-order valence-electron chi connectivity index (χ2n) is 13.7. The lowest BCUT2D eigenvalue weighted by molar-refractivity contribution is 0.0553. The van der Waals surface area contributed by atoms with E-state index in [1.807, 2.05) is 12.1 Å². The Morgan fingerprint density at radius 2 is 1.71 bits per heavy atom. The highest BCUT2D eigenvalue weighted by Crippen LogP contribution is 2.34. The van der Waals surface area contributed by atoms with Gasteiger partial charge in [0.2, 0.25) is 17.7 Å². The molecule has 1 N–H and O–H groups in total. The molecule has 0 aliphatic carbocycles. The standard InChI is InChI=1S/C34H50N6O5/c1-8-9-10-11-12-13-14-21-39-23-20-24-25(17-15-18-26(24)39)28-35-29(45-38-28)27-19-16-22-40(27)30(36-31(41)43-33(2,3)4)37-32(42)44-34(5,6)7/h15,17-18,20,23,27H,8-14,16,19,21-22H2,1-7H3,(H,36,37,41,42)/t27-/m0/s1. The van der Waals surface area contributed by atoms with Crippen LogP contribution in [0.1, 0.15) is 118 Å². The summed E-state index contributed by atoms with van der Waals surface area (Å²) < 4.78 is 19.0. The zero-order valence-electron chi connectivity index (χ0n) is 28.0. The number of alkyl carbamates (subject to hydrolysis) is 1. The van der Waals surface area contributed by atoms with E-state index in [9.17, 15) is 9.59 Å². The van der Waals surface area contributed by atoms with Crippen LogP contribution in [0, 0.1) is 0 Å². The number of nitrogens with one attached hydrogen (secondary N) is 1. The van der Waals surface area contributed by atoms with Gasteiger partial charge in [0.15, 0.2) is 0 Å². The Balaban J connectivity index is 1.52. The molecule has 246 valence electrons. The molecular weight excluding hydrogens is 572 g/mol.